The van der Waals surface area contributed by atoms with Gasteiger partial charge in [-0.25, -0.2) is 0 Å². The molecule has 0 atom stereocenters. The molecule has 124 heavy (non-hydrogen) atoms. The van der Waals surface area contributed by atoms with Crippen molar-refractivity contribution in [2.75, 3.05) is 9.80 Å². The summed E-state index contributed by atoms with van der Waals surface area (Å²) in [7, 11) is 0. The fraction of sp³-hybridized carbons (Fsp3) is 0.0513. The predicted molar refractivity (Wildman–Crippen MR) is 519 cm³/mol. The Kier molecular flexibility index (Phi) is 17.5. The lowest BCUT2D eigenvalue weighted by atomic mass is 9.72. The zero-order chi connectivity index (χ0) is 82.7. The molecule has 2 aliphatic rings. The van der Waals surface area contributed by atoms with E-state index in [2.05, 4.69) is 487 Å². The number of fused-ring (bicyclic) bond motifs is 14. The molecule has 17 aromatic carbocycles. The maximum absolute atomic E-state index is 4.74. The number of hydrogen-bond donors (Lipinski definition) is 0. The summed E-state index contributed by atoms with van der Waals surface area (Å²) < 4.78 is 9.48. The van der Waals surface area contributed by atoms with Gasteiger partial charge in [0, 0.05) is 101 Å². The number of para-hydroxylation sites is 4. The molecular formula is C117H85N7. The normalized spacial score (nSPS) is 13.1. The summed E-state index contributed by atoms with van der Waals surface area (Å²) in [6.07, 6.45) is 6.28. The van der Waals surface area contributed by atoms with Crippen LogP contribution in [0.25, 0.3) is 155 Å². The highest BCUT2D eigenvalue weighted by Crippen LogP contribution is 2.57. The fourth-order valence-corrected chi connectivity index (χ4v) is 19.9. The van der Waals surface area contributed by atoms with Gasteiger partial charge in [-0.05, 0) is 260 Å². The SMILES string of the molecule is CC1(C)c2cc(-c3ccc4c(c3)c3ccc5c(ccn5-c5ccccc5)c3n4-c3ccccc3)ccc2N(c2ccc(-c3ccccc3)cc2)c2ccc(-c3ccccn3)cc21.CC1(C)c2cc(-c3ccccc3)ccc2N(c2ccc(-c3ccccc3)cc2)c2ccc(-c3ccc4c(c3)c3ccc5c(ccn5-c5ccccc5)c3n4-c3ccccc3)cc21. The van der Waals surface area contributed by atoms with Gasteiger partial charge < -0.3 is 28.1 Å². The van der Waals surface area contributed by atoms with Crippen molar-refractivity contribution in [2.24, 2.45) is 0 Å². The average molecular weight is 1590 g/mol. The zero-order valence-corrected chi connectivity index (χ0v) is 69.3. The van der Waals surface area contributed by atoms with Crippen LogP contribution in [0.4, 0.5) is 34.1 Å². The van der Waals surface area contributed by atoms with E-state index in [1.165, 1.54) is 166 Å². The van der Waals surface area contributed by atoms with Gasteiger partial charge in [-0.2, -0.15) is 0 Å². The van der Waals surface area contributed by atoms with E-state index in [4.69, 9.17) is 4.98 Å². The van der Waals surface area contributed by atoms with Crippen molar-refractivity contribution in [3.8, 4) is 89.6 Å². The fourth-order valence-electron chi connectivity index (χ4n) is 19.9. The summed E-state index contributed by atoms with van der Waals surface area (Å²) in [6.45, 7) is 9.52. The van der Waals surface area contributed by atoms with Crippen LogP contribution in [0.1, 0.15) is 49.9 Å². The smallest absolute Gasteiger partial charge is 0.0702 e. The van der Waals surface area contributed by atoms with Gasteiger partial charge in [-0.1, -0.05) is 270 Å². The molecule has 24 rings (SSSR count). The number of benzene rings is 17. The minimum absolute atomic E-state index is 0.281. The molecule has 0 bridgehead atoms. The molecule has 0 aliphatic carbocycles. The summed E-state index contributed by atoms with van der Waals surface area (Å²) in [5, 5.41) is 7.42. The van der Waals surface area contributed by atoms with Crippen molar-refractivity contribution in [2.45, 2.75) is 38.5 Å². The largest absolute Gasteiger partial charge is 0.316 e. The molecule has 0 amide bonds. The first-order chi connectivity index (χ1) is 61.0. The minimum atomic E-state index is -0.309. The third-order valence-corrected chi connectivity index (χ3v) is 26.1. The van der Waals surface area contributed by atoms with Crippen molar-refractivity contribution in [3.05, 3.63) is 465 Å². The maximum atomic E-state index is 4.74. The van der Waals surface area contributed by atoms with Gasteiger partial charge in [0.25, 0.3) is 0 Å². The first-order valence-corrected chi connectivity index (χ1v) is 42.9. The summed E-state index contributed by atoms with van der Waals surface area (Å²) in [5.74, 6) is 0. The Labute approximate surface area is 721 Å². The van der Waals surface area contributed by atoms with Crippen LogP contribution < -0.4 is 9.80 Å². The highest BCUT2D eigenvalue weighted by molar-refractivity contribution is 6.21. The van der Waals surface area contributed by atoms with Crippen molar-refractivity contribution in [1.29, 1.82) is 0 Å². The Bertz CT molecular complexity index is 7380. The van der Waals surface area contributed by atoms with Gasteiger partial charge in [-0.15, -0.1) is 0 Å². The lowest BCUT2D eigenvalue weighted by Gasteiger charge is -2.42. The van der Waals surface area contributed by atoms with E-state index in [9.17, 15) is 0 Å². The first kappa shape index (κ1) is 73.3. The molecule has 0 radical (unpaired) electrons. The monoisotopic (exact) mass is 1590 g/mol. The van der Waals surface area contributed by atoms with E-state index in [0.717, 1.165) is 45.4 Å². The van der Waals surface area contributed by atoms with Crippen molar-refractivity contribution < 1.29 is 0 Å². The average Bonchev–Trinajstić information content (AvgIpc) is 0.891. The van der Waals surface area contributed by atoms with E-state index in [-0.39, 0.29) is 10.8 Å². The molecule has 22 aromatic rings. The highest BCUT2D eigenvalue weighted by Gasteiger charge is 2.40. The van der Waals surface area contributed by atoms with Crippen molar-refractivity contribution >= 4 is 99.5 Å². The highest BCUT2D eigenvalue weighted by atomic mass is 15.2. The Balaban J connectivity index is 0.000000143. The second-order valence-corrected chi connectivity index (χ2v) is 33.9. The molecule has 0 spiro atoms. The molecule has 588 valence electrons. The lowest BCUT2D eigenvalue weighted by molar-refractivity contribution is 0.632. The van der Waals surface area contributed by atoms with Crippen LogP contribution in [0, 0.1) is 0 Å². The second-order valence-electron chi connectivity index (χ2n) is 33.9. The van der Waals surface area contributed by atoms with E-state index >= 15 is 0 Å². The van der Waals surface area contributed by atoms with Gasteiger partial charge in [0.05, 0.1) is 61.5 Å². The van der Waals surface area contributed by atoms with Gasteiger partial charge in [0.2, 0.25) is 0 Å². The molecule has 0 fully saturated rings. The predicted octanol–water partition coefficient (Wildman–Crippen LogP) is 31.1. The van der Waals surface area contributed by atoms with Gasteiger partial charge in [0.1, 0.15) is 0 Å². The topological polar surface area (TPSA) is 39.1 Å². The van der Waals surface area contributed by atoms with Crippen molar-refractivity contribution in [1.82, 2.24) is 23.3 Å². The summed E-state index contributed by atoms with van der Waals surface area (Å²) >= 11 is 0. The first-order valence-electron chi connectivity index (χ1n) is 42.9. The van der Waals surface area contributed by atoms with Crippen LogP contribution in [0.5, 0.6) is 0 Å². The summed E-state index contributed by atoms with van der Waals surface area (Å²) in [6, 6.07) is 155. The number of anilines is 6. The number of rotatable bonds is 12. The van der Waals surface area contributed by atoms with Crippen LogP contribution in [0.3, 0.4) is 0 Å². The number of nitrogens with zero attached hydrogens (tertiary/aromatic N) is 7. The molecule has 5 aromatic heterocycles. The second kappa shape index (κ2) is 29.6. The minimum Gasteiger partial charge on any atom is -0.316 e. The van der Waals surface area contributed by atoms with Crippen LogP contribution in [0.2, 0.25) is 0 Å². The molecule has 7 nitrogen and oxygen atoms in total. The molecule has 7 heteroatoms. The van der Waals surface area contributed by atoms with E-state index in [1.54, 1.807) is 0 Å². The quantitative estimate of drug-likeness (QED) is 0.122. The molecule has 0 unspecified atom stereocenters. The van der Waals surface area contributed by atoms with Crippen LogP contribution >= 0.6 is 0 Å². The van der Waals surface area contributed by atoms with E-state index in [0.29, 0.717) is 0 Å². The zero-order valence-electron chi connectivity index (χ0n) is 69.3. The Morgan fingerprint density at radius 3 is 0.863 bits per heavy atom. The molecule has 2 aliphatic heterocycles. The van der Waals surface area contributed by atoms with Gasteiger partial charge in [0.15, 0.2) is 0 Å². The van der Waals surface area contributed by atoms with Crippen molar-refractivity contribution in [3.63, 3.8) is 0 Å². The summed E-state index contributed by atoms with van der Waals surface area (Å²) in [4.78, 5) is 9.65. The number of pyridine rings is 1. The molecule has 0 saturated carbocycles. The Morgan fingerprint density at radius 2 is 0.492 bits per heavy atom. The Hall–Kier alpha value is -15.8. The Morgan fingerprint density at radius 1 is 0.202 bits per heavy atom. The van der Waals surface area contributed by atoms with Gasteiger partial charge in [-0.3, -0.25) is 4.98 Å². The lowest BCUT2D eigenvalue weighted by Crippen LogP contribution is -2.30. The van der Waals surface area contributed by atoms with Crippen LogP contribution in [-0.2, 0) is 10.8 Å². The molecule has 0 N–H and O–H groups in total. The third kappa shape index (κ3) is 12.2. The standard InChI is InChI=1S/C59H43N3.C58H42N4/c1-59(2)52-38-44(41-17-9-4-10-18-41)26-32-56(52)61(48-28-23-42(24-29-48)40-15-7-3-8-16-40)57-33-27-45(39-53(57)59)43-25-31-55-51(37-43)49-30-34-54-50(35-36-60(54)46-19-11-5-12-20-46)58(49)62(55)47-21-13-6-14-22-47;1-58(2)50-37-42(24-30-55(50)61(46-26-21-40(22-27-46)39-14-6-3-7-15-39)56-31-25-43(38-51(56)58)52-20-12-13-34-59-52)41-23-29-54-49(36-41)47-28-32-53-48(33-35-60(53)44-16-8-4-9-17-44)57(47)62(54)45-18-10-5-11-19-45/h3-39H,1-2H3;3-38H,1-2H3. The number of hydrogen-bond acceptors (Lipinski definition) is 3. The van der Waals surface area contributed by atoms with E-state index < -0.39 is 0 Å². The van der Waals surface area contributed by atoms with Gasteiger partial charge >= 0.3 is 0 Å². The maximum Gasteiger partial charge on any atom is 0.0702 e. The molecule has 0 saturated heterocycles. The summed E-state index contributed by atoms with van der Waals surface area (Å²) in [5.41, 5.74) is 37.6. The number of aromatic nitrogens is 5. The van der Waals surface area contributed by atoms with Crippen LogP contribution in [-0.4, -0.2) is 23.3 Å². The van der Waals surface area contributed by atoms with Crippen LogP contribution in [0.15, 0.2) is 443 Å². The molecular weight excluding hydrogens is 1500 g/mol. The van der Waals surface area contributed by atoms with E-state index in [1.807, 2.05) is 12.3 Å². The molecule has 7 heterocycles. The third-order valence-electron chi connectivity index (χ3n) is 26.1.